The Bertz CT molecular complexity index is 344. The molecule has 114 valence electrons. The number of morpholine rings is 1. The van der Waals surface area contributed by atoms with Crippen molar-refractivity contribution < 1.29 is 14.3 Å². The highest BCUT2D eigenvalue weighted by Gasteiger charge is 2.28. The summed E-state index contributed by atoms with van der Waals surface area (Å²) in [7, 11) is 0. The van der Waals surface area contributed by atoms with E-state index in [1.807, 2.05) is 0 Å². The smallest absolute Gasteiger partial charge is 0.232 e. The second kappa shape index (κ2) is 7.85. The van der Waals surface area contributed by atoms with Gasteiger partial charge in [-0.15, -0.1) is 11.8 Å². The molecule has 0 aromatic heterocycles. The SMILES string of the molecule is NC(CNC(=O)CSCC(=O)N1CCOCC1)C1CC1. The van der Waals surface area contributed by atoms with E-state index in [2.05, 4.69) is 5.32 Å². The van der Waals surface area contributed by atoms with Crippen LogP contribution in [0.4, 0.5) is 0 Å². The average Bonchev–Trinajstić information content (AvgIpc) is 3.30. The summed E-state index contributed by atoms with van der Waals surface area (Å²) in [5, 5.41) is 2.83. The third-order valence-corrected chi connectivity index (χ3v) is 4.50. The van der Waals surface area contributed by atoms with Gasteiger partial charge in [0.25, 0.3) is 0 Å². The number of nitrogens with zero attached hydrogens (tertiary/aromatic N) is 1. The maximum atomic E-state index is 11.8. The number of thioether (sulfide) groups is 1. The fourth-order valence-corrected chi connectivity index (χ4v) is 2.86. The topological polar surface area (TPSA) is 84.7 Å². The van der Waals surface area contributed by atoms with E-state index in [0.717, 1.165) is 0 Å². The molecule has 20 heavy (non-hydrogen) atoms. The van der Waals surface area contributed by atoms with Crippen molar-refractivity contribution in [3.8, 4) is 0 Å². The van der Waals surface area contributed by atoms with Crippen LogP contribution in [-0.4, -0.2) is 67.1 Å². The zero-order valence-corrected chi connectivity index (χ0v) is 12.5. The van der Waals surface area contributed by atoms with Crippen molar-refractivity contribution in [3.05, 3.63) is 0 Å². The normalized spacial score (nSPS) is 20.6. The molecule has 0 radical (unpaired) electrons. The van der Waals surface area contributed by atoms with Gasteiger partial charge in [0.05, 0.1) is 24.7 Å². The lowest BCUT2D eigenvalue weighted by Crippen LogP contribution is -2.42. The van der Waals surface area contributed by atoms with Crippen LogP contribution in [0.1, 0.15) is 12.8 Å². The maximum absolute atomic E-state index is 11.8. The molecule has 1 aliphatic heterocycles. The molecule has 0 spiro atoms. The molecular formula is C13H23N3O3S. The molecule has 1 saturated heterocycles. The van der Waals surface area contributed by atoms with Gasteiger partial charge < -0.3 is 20.7 Å². The zero-order valence-electron chi connectivity index (χ0n) is 11.7. The number of carbonyl (C=O) groups excluding carboxylic acids is 2. The van der Waals surface area contributed by atoms with Gasteiger partial charge in [-0.05, 0) is 18.8 Å². The molecular weight excluding hydrogens is 278 g/mol. The summed E-state index contributed by atoms with van der Waals surface area (Å²) in [4.78, 5) is 25.2. The van der Waals surface area contributed by atoms with Crippen molar-refractivity contribution in [3.63, 3.8) is 0 Å². The first-order chi connectivity index (χ1) is 9.66. The minimum Gasteiger partial charge on any atom is -0.378 e. The highest BCUT2D eigenvalue weighted by molar-refractivity contribution is 8.00. The van der Waals surface area contributed by atoms with E-state index in [0.29, 0.717) is 50.3 Å². The Balaban J connectivity index is 1.52. The summed E-state index contributed by atoms with van der Waals surface area (Å²) >= 11 is 1.35. The first kappa shape index (κ1) is 15.6. The molecule has 2 amide bonds. The highest BCUT2D eigenvalue weighted by atomic mass is 32.2. The van der Waals surface area contributed by atoms with Gasteiger partial charge >= 0.3 is 0 Å². The first-order valence-electron chi connectivity index (χ1n) is 7.12. The Labute approximate surface area is 123 Å². The summed E-state index contributed by atoms with van der Waals surface area (Å²) in [6.45, 7) is 3.07. The predicted octanol–water partition coefficient (Wildman–Crippen LogP) is -0.568. The molecule has 2 fully saturated rings. The van der Waals surface area contributed by atoms with Crippen molar-refractivity contribution in [2.45, 2.75) is 18.9 Å². The number of nitrogens with two attached hydrogens (primary N) is 1. The van der Waals surface area contributed by atoms with Crippen molar-refractivity contribution in [2.75, 3.05) is 44.4 Å². The molecule has 0 aromatic carbocycles. The van der Waals surface area contributed by atoms with Crippen LogP contribution >= 0.6 is 11.8 Å². The van der Waals surface area contributed by atoms with Gasteiger partial charge in [-0.2, -0.15) is 0 Å². The molecule has 1 heterocycles. The zero-order chi connectivity index (χ0) is 14.4. The Hall–Kier alpha value is -0.790. The summed E-state index contributed by atoms with van der Waals surface area (Å²) < 4.78 is 5.19. The lowest BCUT2D eigenvalue weighted by atomic mass is 10.2. The van der Waals surface area contributed by atoms with Gasteiger partial charge in [-0.1, -0.05) is 0 Å². The fraction of sp³-hybridized carbons (Fsp3) is 0.846. The molecule has 1 saturated carbocycles. The number of ether oxygens (including phenoxy) is 1. The molecule has 1 atom stereocenters. The molecule has 3 N–H and O–H groups in total. The van der Waals surface area contributed by atoms with Gasteiger partial charge in [0.2, 0.25) is 11.8 Å². The van der Waals surface area contributed by atoms with Gasteiger partial charge in [0.15, 0.2) is 0 Å². The molecule has 2 rings (SSSR count). The molecule has 7 heteroatoms. The molecule has 0 aromatic rings. The lowest BCUT2D eigenvalue weighted by Gasteiger charge is -2.26. The van der Waals surface area contributed by atoms with Crippen LogP contribution in [0.3, 0.4) is 0 Å². The third-order valence-electron chi connectivity index (χ3n) is 3.58. The summed E-state index contributed by atoms with van der Waals surface area (Å²) in [6.07, 6.45) is 2.36. The van der Waals surface area contributed by atoms with Crippen LogP contribution in [0.25, 0.3) is 0 Å². The van der Waals surface area contributed by atoms with E-state index < -0.39 is 0 Å². The molecule has 6 nitrogen and oxygen atoms in total. The van der Waals surface area contributed by atoms with Gasteiger partial charge in [-0.25, -0.2) is 0 Å². The van der Waals surface area contributed by atoms with E-state index >= 15 is 0 Å². The van der Waals surface area contributed by atoms with Gasteiger partial charge in [0, 0.05) is 25.7 Å². The molecule has 0 bridgehead atoms. The number of hydrogen-bond acceptors (Lipinski definition) is 5. The number of hydrogen-bond donors (Lipinski definition) is 2. The van der Waals surface area contributed by atoms with E-state index in [4.69, 9.17) is 10.5 Å². The van der Waals surface area contributed by atoms with E-state index in [1.54, 1.807) is 4.90 Å². The molecule has 1 unspecified atom stereocenters. The molecule has 2 aliphatic rings. The monoisotopic (exact) mass is 301 g/mol. The first-order valence-corrected chi connectivity index (χ1v) is 8.28. The Morgan fingerprint density at radius 3 is 2.65 bits per heavy atom. The molecule has 1 aliphatic carbocycles. The summed E-state index contributed by atoms with van der Waals surface area (Å²) in [5.41, 5.74) is 5.91. The van der Waals surface area contributed by atoms with Crippen molar-refractivity contribution in [2.24, 2.45) is 11.7 Å². The predicted molar refractivity (Wildman–Crippen MR) is 78.4 cm³/mol. The number of rotatable bonds is 7. The van der Waals surface area contributed by atoms with Crippen molar-refractivity contribution in [1.82, 2.24) is 10.2 Å². The third kappa shape index (κ3) is 5.30. The minimum atomic E-state index is -0.0409. The quantitative estimate of drug-likeness (QED) is 0.658. The average molecular weight is 301 g/mol. The number of carbonyl (C=O) groups is 2. The fourth-order valence-electron chi connectivity index (χ4n) is 2.11. The van der Waals surface area contributed by atoms with Crippen LogP contribution in [0.5, 0.6) is 0 Å². The summed E-state index contributed by atoms with van der Waals surface area (Å²) in [6, 6.07) is 0.0823. The Kier molecular flexibility index (Phi) is 6.12. The number of nitrogens with one attached hydrogen (secondary N) is 1. The maximum Gasteiger partial charge on any atom is 0.232 e. The van der Waals surface area contributed by atoms with Crippen LogP contribution in [0.15, 0.2) is 0 Å². The Morgan fingerprint density at radius 1 is 1.30 bits per heavy atom. The van der Waals surface area contributed by atoms with Crippen molar-refractivity contribution >= 4 is 23.6 Å². The van der Waals surface area contributed by atoms with Crippen LogP contribution < -0.4 is 11.1 Å². The number of amides is 2. The minimum absolute atomic E-state index is 0.0409. The van der Waals surface area contributed by atoms with E-state index in [9.17, 15) is 9.59 Å². The standard InChI is InChI=1S/C13H23N3O3S/c14-11(10-1-2-10)7-15-12(17)8-20-9-13(18)16-3-5-19-6-4-16/h10-11H,1-9,14H2,(H,15,17). The van der Waals surface area contributed by atoms with Gasteiger partial charge in [-0.3, -0.25) is 9.59 Å². The van der Waals surface area contributed by atoms with Crippen LogP contribution in [0, 0.1) is 5.92 Å². The lowest BCUT2D eigenvalue weighted by molar-refractivity contribution is -0.132. The van der Waals surface area contributed by atoms with Crippen molar-refractivity contribution in [1.29, 1.82) is 0 Å². The highest BCUT2D eigenvalue weighted by Crippen LogP contribution is 2.31. The van der Waals surface area contributed by atoms with Gasteiger partial charge in [0.1, 0.15) is 0 Å². The largest absolute Gasteiger partial charge is 0.378 e. The van der Waals surface area contributed by atoms with E-state index in [1.165, 1.54) is 24.6 Å². The summed E-state index contributed by atoms with van der Waals surface area (Å²) in [5.74, 6) is 1.29. The van der Waals surface area contributed by atoms with Crippen LogP contribution in [-0.2, 0) is 14.3 Å². The second-order valence-electron chi connectivity index (χ2n) is 5.29. The Morgan fingerprint density at radius 2 is 2.00 bits per heavy atom. The second-order valence-corrected chi connectivity index (χ2v) is 6.28. The van der Waals surface area contributed by atoms with E-state index in [-0.39, 0.29) is 17.9 Å². The van der Waals surface area contributed by atoms with Crippen LogP contribution in [0.2, 0.25) is 0 Å².